The number of likely N-dealkylation sites (tertiary alicyclic amines) is 1. The van der Waals surface area contributed by atoms with Crippen molar-refractivity contribution in [3.63, 3.8) is 0 Å². The van der Waals surface area contributed by atoms with Gasteiger partial charge in [0.1, 0.15) is 6.10 Å². The second-order valence-electron chi connectivity index (χ2n) is 8.43. The Morgan fingerprint density at radius 1 is 1.14 bits per heavy atom. The first-order valence-corrected chi connectivity index (χ1v) is 13.8. The molecule has 0 spiro atoms. The summed E-state index contributed by atoms with van der Waals surface area (Å²) in [5.41, 5.74) is 3.65. The van der Waals surface area contributed by atoms with Crippen molar-refractivity contribution in [2.24, 2.45) is 0 Å². The van der Waals surface area contributed by atoms with Crippen LogP contribution in [-0.4, -0.2) is 53.1 Å². The quantitative estimate of drug-likeness (QED) is 0.347. The molecule has 8 heteroatoms. The van der Waals surface area contributed by atoms with Crippen LogP contribution >= 0.6 is 22.9 Å². The molecule has 0 saturated carbocycles. The third-order valence-corrected chi connectivity index (χ3v) is 7.02. The van der Waals surface area contributed by atoms with Crippen LogP contribution in [0.4, 0.5) is 0 Å². The highest BCUT2D eigenvalue weighted by Gasteiger charge is 2.36. The van der Waals surface area contributed by atoms with Crippen LogP contribution in [0.3, 0.4) is 0 Å². The summed E-state index contributed by atoms with van der Waals surface area (Å²) < 4.78 is 0. The average Bonchev–Trinajstić information content (AvgIpc) is 3.60. The molecule has 1 saturated heterocycles. The Balaban J connectivity index is 0.000000252. The summed E-state index contributed by atoms with van der Waals surface area (Å²) in [6.07, 6.45) is -0.638. The summed E-state index contributed by atoms with van der Waals surface area (Å²) in [7, 11) is 1.98. The van der Waals surface area contributed by atoms with Crippen LogP contribution in [0.2, 0.25) is 5.02 Å². The number of rotatable bonds is 8. The summed E-state index contributed by atoms with van der Waals surface area (Å²) in [6, 6.07) is 19.9. The SMILES string of the molecule is CC.CNCc1csc(Cc2ccccc2)c1.O=CC(O)C(O)C(=O)N1CCCC1c1cccc(Cl)c1. The number of aliphatic hydroxyl groups is 2. The molecular weight excluding hydrogens is 508 g/mol. The van der Waals surface area contributed by atoms with Crippen molar-refractivity contribution in [1.82, 2.24) is 10.2 Å². The van der Waals surface area contributed by atoms with Gasteiger partial charge in [-0.05, 0) is 60.2 Å². The molecule has 200 valence electrons. The van der Waals surface area contributed by atoms with Crippen LogP contribution < -0.4 is 5.32 Å². The lowest BCUT2D eigenvalue weighted by atomic mass is 10.0. The van der Waals surface area contributed by atoms with Crippen molar-refractivity contribution < 1.29 is 19.8 Å². The fourth-order valence-electron chi connectivity index (χ4n) is 4.09. The molecule has 37 heavy (non-hydrogen) atoms. The van der Waals surface area contributed by atoms with Crippen LogP contribution in [0.25, 0.3) is 0 Å². The molecule has 3 atom stereocenters. The highest BCUT2D eigenvalue weighted by molar-refractivity contribution is 7.10. The predicted molar refractivity (Wildman–Crippen MR) is 151 cm³/mol. The molecule has 4 rings (SSSR count). The first-order chi connectivity index (χ1) is 17.9. The number of nitrogens with one attached hydrogen (secondary N) is 1. The summed E-state index contributed by atoms with van der Waals surface area (Å²) in [5, 5.41) is 24.9. The highest BCUT2D eigenvalue weighted by Crippen LogP contribution is 2.33. The third kappa shape index (κ3) is 9.36. The Labute approximate surface area is 228 Å². The third-order valence-electron chi connectivity index (χ3n) is 5.80. The van der Waals surface area contributed by atoms with Gasteiger partial charge in [-0.15, -0.1) is 11.3 Å². The van der Waals surface area contributed by atoms with Gasteiger partial charge in [-0.1, -0.05) is 67.9 Å². The fourth-order valence-corrected chi connectivity index (χ4v) is 5.22. The van der Waals surface area contributed by atoms with Crippen molar-refractivity contribution in [3.05, 3.63) is 92.6 Å². The molecule has 1 fully saturated rings. The van der Waals surface area contributed by atoms with E-state index in [9.17, 15) is 19.8 Å². The second-order valence-corrected chi connectivity index (χ2v) is 9.86. The monoisotopic (exact) mass is 544 g/mol. The van der Waals surface area contributed by atoms with Gasteiger partial charge in [0.05, 0.1) is 6.04 Å². The standard InChI is InChI=1S/C14H16ClNO4.C13H15NS.C2H6/c15-10-4-1-3-9(7-10)11-5-2-6-16(11)14(20)13(19)12(18)8-17;1-14-9-12-8-13(15-10-12)7-11-5-3-2-4-6-11;1-2/h1,3-4,7-8,11-13,18-19H,2,5-6H2;2-6,8,10,14H,7,9H2,1H3;1-2H3. The topological polar surface area (TPSA) is 89.9 Å². The Bertz CT molecular complexity index is 1090. The van der Waals surface area contributed by atoms with Gasteiger partial charge in [0.25, 0.3) is 5.91 Å². The fraction of sp³-hybridized carbons (Fsp3) is 0.379. The van der Waals surface area contributed by atoms with Gasteiger partial charge in [-0.3, -0.25) is 4.79 Å². The molecule has 0 radical (unpaired) electrons. The number of thiophene rings is 1. The van der Waals surface area contributed by atoms with Gasteiger partial charge in [0.15, 0.2) is 12.4 Å². The molecule has 2 aromatic carbocycles. The Morgan fingerprint density at radius 2 is 1.86 bits per heavy atom. The Hall–Kier alpha value is -2.55. The van der Waals surface area contributed by atoms with Crippen LogP contribution in [0.1, 0.15) is 54.3 Å². The van der Waals surface area contributed by atoms with Crippen LogP contribution in [0, 0.1) is 0 Å². The van der Waals surface area contributed by atoms with Gasteiger partial charge in [0, 0.05) is 29.4 Å². The van der Waals surface area contributed by atoms with Crippen molar-refractivity contribution in [3.8, 4) is 0 Å². The number of amides is 1. The molecular formula is C29H37ClN2O4S. The minimum atomic E-state index is -1.72. The molecule has 0 aliphatic carbocycles. The van der Waals surface area contributed by atoms with Gasteiger partial charge in [0.2, 0.25) is 0 Å². The smallest absolute Gasteiger partial charge is 0.255 e. The number of hydrogen-bond donors (Lipinski definition) is 3. The van der Waals surface area contributed by atoms with E-state index in [4.69, 9.17) is 11.6 Å². The molecule has 1 aliphatic rings. The number of benzene rings is 2. The van der Waals surface area contributed by atoms with Crippen LogP contribution in [0.5, 0.6) is 0 Å². The lowest BCUT2D eigenvalue weighted by Crippen LogP contribution is -2.45. The molecule has 1 aliphatic heterocycles. The largest absolute Gasteiger partial charge is 0.382 e. The lowest BCUT2D eigenvalue weighted by Gasteiger charge is -2.28. The van der Waals surface area contributed by atoms with E-state index in [1.807, 2.05) is 38.3 Å². The molecule has 1 aromatic heterocycles. The molecule has 3 N–H and O–H groups in total. The average molecular weight is 545 g/mol. The van der Waals surface area contributed by atoms with E-state index in [0.717, 1.165) is 31.4 Å². The number of carbonyl (C=O) groups excluding carboxylic acids is 2. The Morgan fingerprint density at radius 3 is 2.51 bits per heavy atom. The van der Waals surface area contributed by atoms with Crippen molar-refractivity contribution >= 4 is 35.1 Å². The van der Waals surface area contributed by atoms with E-state index in [0.29, 0.717) is 11.6 Å². The minimum Gasteiger partial charge on any atom is -0.382 e. The first-order valence-electron chi connectivity index (χ1n) is 12.5. The molecule has 0 bridgehead atoms. The number of aliphatic hydroxyl groups excluding tert-OH is 2. The second kappa shape index (κ2) is 16.3. The highest BCUT2D eigenvalue weighted by atomic mass is 35.5. The van der Waals surface area contributed by atoms with E-state index in [-0.39, 0.29) is 12.3 Å². The zero-order chi connectivity index (χ0) is 27.2. The van der Waals surface area contributed by atoms with E-state index in [1.54, 1.807) is 18.2 Å². The van der Waals surface area contributed by atoms with Gasteiger partial charge in [-0.2, -0.15) is 0 Å². The number of hydrogen-bond acceptors (Lipinski definition) is 6. The molecule has 3 unspecified atom stereocenters. The number of aldehydes is 1. The maximum atomic E-state index is 12.1. The number of nitrogens with zero attached hydrogens (tertiary/aromatic N) is 1. The normalized spacial score (nSPS) is 16.1. The molecule has 1 amide bonds. The van der Waals surface area contributed by atoms with Crippen molar-refractivity contribution in [2.75, 3.05) is 13.6 Å². The maximum absolute atomic E-state index is 12.1. The van der Waals surface area contributed by atoms with Gasteiger partial charge in [-0.25, -0.2) is 0 Å². The summed E-state index contributed by atoms with van der Waals surface area (Å²) >= 11 is 7.79. The number of carbonyl (C=O) groups is 2. The van der Waals surface area contributed by atoms with Crippen LogP contribution in [-0.2, 0) is 22.6 Å². The van der Waals surface area contributed by atoms with Gasteiger partial charge < -0.3 is 25.2 Å². The van der Waals surface area contributed by atoms with E-state index >= 15 is 0 Å². The number of halogens is 1. The molecule has 3 aromatic rings. The summed E-state index contributed by atoms with van der Waals surface area (Å²) in [6.45, 7) is 5.45. The predicted octanol–water partition coefficient (Wildman–Crippen LogP) is 5.01. The van der Waals surface area contributed by atoms with E-state index in [2.05, 4.69) is 47.1 Å². The van der Waals surface area contributed by atoms with Crippen molar-refractivity contribution in [1.29, 1.82) is 0 Å². The Kier molecular flexibility index (Phi) is 13.5. The molecule has 6 nitrogen and oxygen atoms in total. The van der Waals surface area contributed by atoms with E-state index in [1.165, 1.54) is 20.9 Å². The summed E-state index contributed by atoms with van der Waals surface area (Å²) in [5.74, 6) is -0.632. The lowest BCUT2D eigenvalue weighted by molar-refractivity contribution is -0.149. The zero-order valence-electron chi connectivity index (χ0n) is 21.6. The summed E-state index contributed by atoms with van der Waals surface area (Å²) in [4.78, 5) is 25.5. The van der Waals surface area contributed by atoms with E-state index < -0.39 is 18.1 Å². The van der Waals surface area contributed by atoms with Gasteiger partial charge >= 0.3 is 0 Å². The van der Waals surface area contributed by atoms with Crippen LogP contribution in [0.15, 0.2) is 66.0 Å². The molecule has 2 heterocycles. The zero-order valence-corrected chi connectivity index (χ0v) is 23.2. The maximum Gasteiger partial charge on any atom is 0.255 e. The van der Waals surface area contributed by atoms with Crippen molar-refractivity contribution in [2.45, 2.75) is 57.9 Å². The first kappa shape index (κ1) is 30.7. The minimum absolute atomic E-state index is 0.160.